The molecule has 21 heavy (non-hydrogen) atoms. The van der Waals surface area contributed by atoms with Crippen molar-refractivity contribution in [3.05, 3.63) is 34.9 Å². The fourth-order valence-electron chi connectivity index (χ4n) is 2.35. The van der Waals surface area contributed by atoms with Crippen molar-refractivity contribution in [2.75, 3.05) is 6.54 Å². The van der Waals surface area contributed by atoms with Crippen molar-refractivity contribution in [2.24, 2.45) is 11.1 Å². The topological polar surface area (TPSA) is 46.3 Å². The normalized spacial score (nSPS) is 16.0. The van der Waals surface area contributed by atoms with Gasteiger partial charge < -0.3 is 10.6 Å². The first kappa shape index (κ1) is 17.9. The Kier molecular flexibility index (Phi) is 5.34. The van der Waals surface area contributed by atoms with E-state index in [4.69, 9.17) is 5.73 Å². The molecular formula is C15H21ClF2N2O. The molecule has 0 radical (unpaired) electrons. The van der Waals surface area contributed by atoms with Crippen molar-refractivity contribution < 1.29 is 13.6 Å². The SMILES string of the molecule is CC(C)(C)[C@H](N)C(=O)N1CCc2c(F)ccc(F)c2C1.Cl. The number of carbonyl (C=O) groups is 1. The molecule has 2 rings (SSSR count). The maximum Gasteiger partial charge on any atom is 0.240 e. The van der Waals surface area contributed by atoms with Gasteiger partial charge in [-0.3, -0.25) is 4.79 Å². The molecule has 0 fully saturated rings. The second-order valence-corrected chi connectivity index (χ2v) is 6.34. The monoisotopic (exact) mass is 318 g/mol. The third kappa shape index (κ3) is 3.52. The van der Waals surface area contributed by atoms with Gasteiger partial charge in [0.2, 0.25) is 5.91 Å². The number of amides is 1. The molecule has 1 aromatic rings. The second-order valence-electron chi connectivity index (χ2n) is 6.34. The molecule has 1 atom stereocenters. The van der Waals surface area contributed by atoms with E-state index >= 15 is 0 Å². The molecule has 0 aliphatic carbocycles. The lowest BCUT2D eigenvalue weighted by Gasteiger charge is -2.35. The fraction of sp³-hybridized carbons (Fsp3) is 0.533. The van der Waals surface area contributed by atoms with E-state index in [0.717, 1.165) is 12.1 Å². The maximum absolute atomic E-state index is 13.8. The summed E-state index contributed by atoms with van der Waals surface area (Å²) in [4.78, 5) is 13.9. The minimum atomic E-state index is -0.652. The van der Waals surface area contributed by atoms with E-state index < -0.39 is 17.7 Å². The Morgan fingerprint density at radius 1 is 1.24 bits per heavy atom. The summed E-state index contributed by atoms with van der Waals surface area (Å²) in [6.07, 6.45) is 0.321. The molecule has 0 aromatic heterocycles. The van der Waals surface area contributed by atoms with Crippen LogP contribution in [0.1, 0.15) is 31.9 Å². The molecular weight excluding hydrogens is 298 g/mol. The van der Waals surface area contributed by atoms with Gasteiger partial charge in [-0.2, -0.15) is 0 Å². The van der Waals surface area contributed by atoms with Crippen LogP contribution in [0.3, 0.4) is 0 Å². The first-order valence-corrected chi connectivity index (χ1v) is 6.72. The summed E-state index contributed by atoms with van der Waals surface area (Å²) in [5.74, 6) is -1.09. The van der Waals surface area contributed by atoms with Crippen LogP contribution in [0.4, 0.5) is 8.78 Å². The van der Waals surface area contributed by atoms with E-state index in [2.05, 4.69) is 0 Å². The van der Waals surface area contributed by atoms with E-state index in [1.54, 1.807) is 0 Å². The predicted octanol–water partition coefficient (Wildman–Crippen LogP) is 2.64. The lowest BCUT2D eigenvalue weighted by atomic mass is 9.86. The van der Waals surface area contributed by atoms with E-state index in [-0.39, 0.29) is 35.8 Å². The Hall–Kier alpha value is -1.20. The molecule has 0 bridgehead atoms. The third-order valence-corrected chi connectivity index (χ3v) is 3.81. The largest absolute Gasteiger partial charge is 0.337 e. The minimum Gasteiger partial charge on any atom is -0.337 e. The zero-order valence-corrected chi connectivity index (χ0v) is 13.3. The summed E-state index contributed by atoms with van der Waals surface area (Å²) in [5.41, 5.74) is 6.23. The van der Waals surface area contributed by atoms with Crippen LogP contribution in [0.5, 0.6) is 0 Å². The molecule has 2 N–H and O–H groups in total. The summed E-state index contributed by atoms with van der Waals surface area (Å²) < 4.78 is 27.4. The summed E-state index contributed by atoms with van der Waals surface area (Å²) in [6.45, 7) is 6.10. The minimum absolute atomic E-state index is 0. The molecule has 3 nitrogen and oxygen atoms in total. The Morgan fingerprint density at radius 2 is 1.76 bits per heavy atom. The Morgan fingerprint density at radius 3 is 2.29 bits per heavy atom. The van der Waals surface area contributed by atoms with Crippen LogP contribution >= 0.6 is 12.4 Å². The first-order valence-electron chi connectivity index (χ1n) is 6.72. The molecule has 1 aliphatic heterocycles. The highest BCUT2D eigenvalue weighted by Crippen LogP contribution is 2.26. The molecule has 0 saturated carbocycles. The van der Waals surface area contributed by atoms with Crippen LogP contribution in [-0.4, -0.2) is 23.4 Å². The second kappa shape index (κ2) is 6.28. The van der Waals surface area contributed by atoms with E-state index in [1.807, 2.05) is 20.8 Å². The van der Waals surface area contributed by atoms with Gasteiger partial charge >= 0.3 is 0 Å². The average Bonchev–Trinajstić information content (AvgIpc) is 2.40. The zero-order valence-electron chi connectivity index (χ0n) is 12.5. The summed E-state index contributed by atoms with van der Waals surface area (Å²) in [7, 11) is 0. The zero-order chi connectivity index (χ0) is 15.1. The number of halogens is 3. The average molecular weight is 319 g/mol. The van der Waals surface area contributed by atoms with Gasteiger partial charge in [0, 0.05) is 18.7 Å². The van der Waals surface area contributed by atoms with E-state index in [0.29, 0.717) is 18.5 Å². The van der Waals surface area contributed by atoms with Gasteiger partial charge in [-0.05, 0) is 29.5 Å². The van der Waals surface area contributed by atoms with Gasteiger partial charge in [-0.25, -0.2) is 8.78 Å². The Labute approximate surface area is 129 Å². The van der Waals surface area contributed by atoms with Crippen molar-refractivity contribution in [3.63, 3.8) is 0 Å². The van der Waals surface area contributed by atoms with Crippen LogP contribution in [-0.2, 0) is 17.8 Å². The molecule has 0 spiro atoms. The standard InChI is InChI=1S/C15H20F2N2O.ClH/c1-15(2,3)13(18)14(20)19-7-6-9-10(8-19)12(17)5-4-11(9)16;/h4-5,13H,6-8,18H2,1-3H3;1H/t13-;/m1./s1. The van der Waals surface area contributed by atoms with Crippen LogP contribution in [0, 0.1) is 17.0 Å². The first-order chi connectivity index (χ1) is 9.21. The van der Waals surface area contributed by atoms with Crippen LogP contribution in [0.25, 0.3) is 0 Å². The maximum atomic E-state index is 13.8. The third-order valence-electron chi connectivity index (χ3n) is 3.81. The number of fused-ring (bicyclic) bond motifs is 1. The molecule has 6 heteroatoms. The Bertz CT molecular complexity index is 543. The van der Waals surface area contributed by atoms with Crippen LogP contribution in [0.2, 0.25) is 0 Å². The van der Waals surface area contributed by atoms with Gasteiger partial charge in [0.25, 0.3) is 0 Å². The van der Waals surface area contributed by atoms with Gasteiger partial charge in [0.05, 0.1) is 6.04 Å². The van der Waals surface area contributed by atoms with Crippen molar-refractivity contribution in [1.29, 1.82) is 0 Å². The number of hydrogen-bond donors (Lipinski definition) is 1. The molecule has 0 saturated heterocycles. The number of nitrogens with zero attached hydrogens (tertiary/aromatic N) is 1. The van der Waals surface area contributed by atoms with Crippen LogP contribution in [0.15, 0.2) is 12.1 Å². The summed E-state index contributed by atoms with van der Waals surface area (Å²) in [5, 5.41) is 0. The molecule has 1 aromatic carbocycles. The van der Waals surface area contributed by atoms with Crippen molar-refractivity contribution in [3.8, 4) is 0 Å². The molecule has 1 heterocycles. The number of rotatable bonds is 1. The van der Waals surface area contributed by atoms with E-state index in [9.17, 15) is 13.6 Å². The fourth-order valence-corrected chi connectivity index (χ4v) is 2.35. The Balaban J connectivity index is 0.00000220. The lowest BCUT2D eigenvalue weighted by molar-refractivity contribution is -0.135. The van der Waals surface area contributed by atoms with E-state index in [1.165, 1.54) is 4.90 Å². The molecule has 1 amide bonds. The van der Waals surface area contributed by atoms with Crippen molar-refractivity contribution in [2.45, 2.75) is 39.8 Å². The van der Waals surface area contributed by atoms with Gasteiger partial charge in [0.15, 0.2) is 0 Å². The highest BCUT2D eigenvalue weighted by molar-refractivity contribution is 5.85. The lowest BCUT2D eigenvalue weighted by Crippen LogP contribution is -2.51. The molecule has 118 valence electrons. The molecule has 0 unspecified atom stereocenters. The summed E-state index contributed by atoms with van der Waals surface area (Å²) >= 11 is 0. The number of carbonyl (C=O) groups excluding carboxylic acids is 1. The van der Waals surface area contributed by atoms with Crippen molar-refractivity contribution in [1.82, 2.24) is 4.90 Å². The van der Waals surface area contributed by atoms with Gasteiger partial charge in [0.1, 0.15) is 11.6 Å². The number of benzene rings is 1. The quantitative estimate of drug-likeness (QED) is 0.865. The van der Waals surface area contributed by atoms with Gasteiger partial charge in [-0.15, -0.1) is 12.4 Å². The number of hydrogen-bond acceptors (Lipinski definition) is 2. The summed E-state index contributed by atoms with van der Waals surface area (Å²) in [6, 6.07) is 1.58. The predicted molar refractivity (Wildman–Crippen MR) is 80.2 cm³/mol. The highest BCUT2D eigenvalue weighted by Gasteiger charge is 2.33. The molecule has 1 aliphatic rings. The van der Waals surface area contributed by atoms with Gasteiger partial charge in [-0.1, -0.05) is 20.8 Å². The van der Waals surface area contributed by atoms with Crippen LogP contribution < -0.4 is 5.73 Å². The van der Waals surface area contributed by atoms with Crippen molar-refractivity contribution >= 4 is 18.3 Å². The number of nitrogens with two attached hydrogens (primary N) is 1. The smallest absolute Gasteiger partial charge is 0.240 e. The highest BCUT2D eigenvalue weighted by atomic mass is 35.5.